The number of halogens is 1. The van der Waals surface area contributed by atoms with Crippen LogP contribution in [0.3, 0.4) is 0 Å². The van der Waals surface area contributed by atoms with Crippen molar-refractivity contribution in [2.24, 2.45) is 0 Å². The predicted octanol–water partition coefficient (Wildman–Crippen LogP) is 4.05. The second-order valence-electron chi connectivity index (χ2n) is 4.52. The van der Waals surface area contributed by atoms with Crippen LogP contribution in [0.4, 0.5) is 0 Å². The molecule has 1 unspecified atom stereocenters. The van der Waals surface area contributed by atoms with Crippen LogP contribution in [0.1, 0.15) is 33.8 Å². The molecular formula is C16H15IO3. The van der Waals surface area contributed by atoms with E-state index in [0.29, 0.717) is 5.56 Å². The first-order chi connectivity index (χ1) is 9.63. The predicted molar refractivity (Wildman–Crippen MR) is 86.9 cm³/mol. The third-order valence-corrected chi connectivity index (χ3v) is 3.87. The Balaban J connectivity index is 2.49. The van der Waals surface area contributed by atoms with Gasteiger partial charge in [0.25, 0.3) is 0 Å². The van der Waals surface area contributed by atoms with Gasteiger partial charge in [0, 0.05) is 15.9 Å². The third kappa shape index (κ3) is 3.30. The number of carbonyl (C=O) groups is 1. The van der Waals surface area contributed by atoms with Gasteiger partial charge in [-0.3, -0.25) is 0 Å². The Morgan fingerprint density at radius 1 is 1.15 bits per heavy atom. The number of benzene rings is 2. The van der Waals surface area contributed by atoms with E-state index in [4.69, 9.17) is 5.11 Å². The fourth-order valence-electron chi connectivity index (χ4n) is 2.26. The van der Waals surface area contributed by atoms with Gasteiger partial charge in [-0.1, -0.05) is 52.9 Å². The number of aromatic carboxylic acids is 1. The van der Waals surface area contributed by atoms with Crippen molar-refractivity contribution >= 4 is 28.6 Å². The van der Waals surface area contributed by atoms with Gasteiger partial charge in [-0.2, -0.15) is 0 Å². The zero-order valence-corrected chi connectivity index (χ0v) is 12.9. The van der Waals surface area contributed by atoms with Crippen LogP contribution in [0.25, 0.3) is 0 Å². The molecule has 0 amide bonds. The third-order valence-electron chi connectivity index (χ3n) is 3.25. The summed E-state index contributed by atoms with van der Waals surface area (Å²) >= 11 is 2.29. The summed E-state index contributed by atoms with van der Waals surface area (Å²) in [4.78, 5) is 11.1. The molecule has 4 heteroatoms. The monoisotopic (exact) mass is 382 g/mol. The highest BCUT2D eigenvalue weighted by Gasteiger charge is 2.18. The summed E-state index contributed by atoms with van der Waals surface area (Å²) in [6, 6.07) is 14.3. The van der Waals surface area contributed by atoms with Crippen LogP contribution in [0.15, 0.2) is 48.5 Å². The number of rotatable bonds is 5. The smallest absolute Gasteiger partial charge is 0.335 e. The average molecular weight is 382 g/mol. The standard InChI is InChI=1S/C16H15IO3/c17-9-8-13(11-4-2-1-3-5-11)14-10-12(16(19)20)6-7-15(14)18/h1-7,10,13,18H,8-9H2,(H,19,20). The molecule has 0 aliphatic rings. The molecule has 2 aromatic carbocycles. The summed E-state index contributed by atoms with van der Waals surface area (Å²) < 4.78 is 0.925. The fourth-order valence-corrected chi connectivity index (χ4v) is 2.89. The first-order valence-corrected chi connectivity index (χ1v) is 7.83. The summed E-state index contributed by atoms with van der Waals surface area (Å²) in [7, 11) is 0. The number of hydrogen-bond donors (Lipinski definition) is 2. The lowest BCUT2D eigenvalue weighted by atomic mass is 9.87. The first-order valence-electron chi connectivity index (χ1n) is 6.30. The van der Waals surface area contributed by atoms with E-state index in [1.54, 1.807) is 6.07 Å². The number of phenolic OH excluding ortho intramolecular Hbond substituents is 1. The number of hydrogen-bond acceptors (Lipinski definition) is 2. The van der Waals surface area contributed by atoms with Crippen molar-refractivity contribution < 1.29 is 15.0 Å². The molecule has 0 fully saturated rings. The minimum absolute atomic E-state index is 0.00685. The molecule has 3 nitrogen and oxygen atoms in total. The summed E-state index contributed by atoms with van der Waals surface area (Å²) in [5.74, 6) is -0.825. The van der Waals surface area contributed by atoms with Gasteiger partial charge >= 0.3 is 5.97 Å². The molecule has 0 heterocycles. The Morgan fingerprint density at radius 2 is 1.85 bits per heavy atom. The van der Waals surface area contributed by atoms with Gasteiger partial charge in [0.2, 0.25) is 0 Å². The number of alkyl halides is 1. The molecule has 0 saturated heterocycles. The summed E-state index contributed by atoms with van der Waals surface area (Å²) in [5, 5.41) is 19.2. The van der Waals surface area contributed by atoms with Gasteiger partial charge in [-0.15, -0.1) is 0 Å². The molecule has 20 heavy (non-hydrogen) atoms. The fraction of sp³-hybridized carbons (Fsp3) is 0.188. The van der Waals surface area contributed by atoms with Crippen molar-refractivity contribution in [1.29, 1.82) is 0 Å². The molecule has 2 N–H and O–H groups in total. The van der Waals surface area contributed by atoms with Crippen LogP contribution < -0.4 is 0 Å². The van der Waals surface area contributed by atoms with Crippen LogP contribution in [0.2, 0.25) is 0 Å². The molecule has 0 radical (unpaired) electrons. The Hall–Kier alpha value is -1.56. The molecule has 0 saturated carbocycles. The van der Waals surface area contributed by atoms with Gasteiger partial charge in [-0.05, 0) is 30.2 Å². The number of phenols is 1. The van der Waals surface area contributed by atoms with Crippen molar-refractivity contribution in [3.8, 4) is 5.75 Å². The minimum Gasteiger partial charge on any atom is -0.508 e. The average Bonchev–Trinajstić information content (AvgIpc) is 2.46. The topological polar surface area (TPSA) is 57.5 Å². The summed E-state index contributed by atoms with van der Waals surface area (Å²) in [5.41, 5.74) is 1.96. The van der Waals surface area contributed by atoms with Crippen molar-refractivity contribution in [2.75, 3.05) is 4.43 Å². The Labute approximate surface area is 131 Å². The van der Waals surface area contributed by atoms with E-state index in [9.17, 15) is 9.90 Å². The molecule has 0 aliphatic heterocycles. The number of aromatic hydroxyl groups is 1. The second-order valence-corrected chi connectivity index (χ2v) is 5.60. The highest BCUT2D eigenvalue weighted by atomic mass is 127. The maximum atomic E-state index is 11.1. The van der Waals surface area contributed by atoms with Crippen LogP contribution in [0, 0.1) is 0 Å². The molecule has 2 aromatic rings. The minimum atomic E-state index is -0.979. The lowest BCUT2D eigenvalue weighted by Crippen LogP contribution is -2.05. The van der Waals surface area contributed by atoms with Crippen LogP contribution in [-0.2, 0) is 0 Å². The molecule has 1 atom stereocenters. The van der Waals surface area contributed by atoms with E-state index < -0.39 is 5.97 Å². The van der Waals surface area contributed by atoms with E-state index in [0.717, 1.165) is 16.4 Å². The molecule has 0 aliphatic carbocycles. The lowest BCUT2D eigenvalue weighted by molar-refractivity contribution is 0.0696. The van der Waals surface area contributed by atoms with E-state index in [-0.39, 0.29) is 17.2 Å². The largest absolute Gasteiger partial charge is 0.508 e. The highest BCUT2D eigenvalue weighted by Crippen LogP contribution is 2.35. The molecule has 0 spiro atoms. The van der Waals surface area contributed by atoms with Crippen LogP contribution in [-0.4, -0.2) is 20.6 Å². The van der Waals surface area contributed by atoms with Crippen molar-refractivity contribution in [3.63, 3.8) is 0 Å². The van der Waals surface area contributed by atoms with Crippen molar-refractivity contribution in [2.45, 2.75) is 12.3 Å². The summed E-state index contributed by atoms with van der Waals surface area (Å²) in [6.07, 6.45) is 0.848. The van der Waals surface area contributed by atoms with E-state index in [1.807, 2.05) is 30.3 Å². The Kier molecular flexibility index (Phi) is 5.00. The SMILES string of the molecule is O=C(O)c1ccc(O)c(C(CCI)c2ccccc2)c1. The van der Waals surface area contributed by atoms with Crippen LogP contribution >= 0.6 is 22.6 Å². The van der Waals surface area contributed by atoms with E-state index in [1.165, 1.54) is 12.1 Å². The maximum absolute atomic E-state index is 11.1. The van der Waals surface area contributed by atoms with Gasteiger partial charge in [-0.25, -0.2) is 4.79 Å². The molecular weight excluding hydrogens is 367 g/mol. The number of carboxylic acids is 1. The van der Waals surface area contributed by atoms with E-state index in [2.05, 4.69) is 22.6 Å². The van der Waals surface area contributed by atoms with Gasteiger partial charge < -0.3 is 10.2 Å². The normalized spacial score (nSPS) is 12.1. The van der Waals surface area contributed by atoms with Gasteiger partial charge in [0.05, 0.1) is 5.56 Å². The quantitative estimate of drug-likeness (QED) is 0.606. The number of carboxylic acid groups (broad SMARTS) is 1. The molecule has 2 rings (SSSR count). The van der Waals surface area contributed by atoms with Gasteiger partial charge in [0.1, 0.15) is 5.75 Å². The zero-order chi connectivity index (χ0) is 14.5. The van der Waals surface area contributed by atoms with Crippen LogP contribution in [0.5, 0.6) is 5.75 Å². The molecule has 104 valence electrons. The van der Waals surface area contributed by atoms with Gasteiger partial charge in [0.15, 0.2) is 0 Å². The molecule has 0 aromatic heterocycles. The summed E-state index contributed by atoms with van der Waals surface area (Å²) in [6.45, 7) is 0. The Morgan fingerprint density at radius 3 is 2.45 bits per heavy atom. The van der Waals surface area contributed by atoms with Crippen molar-refractivity contribution in [3.05, 3.63) is 65.2 Å². The lowest BCUT2D eigenvalue weighted by Gasteiger charge is -2.18. The zero-order valence-electron chi connectivity index (χ0n) is 10.8. The highest BCUT2D eigenvalue weighted by molar-refractivity contribution is 14.1. The maximum Gasteiger partial charge on any atom is 0.335 e. The van der Waals surface area contributed by atoms with Crippen molar-refractivity contribution in [1.82, 2.24) is 0 Å². The second kappa shape index (κ2) is 6.74. The first kappa shape index (κ1) is 14.8. The molecule has 0 bridgehead atoms. The van der Waals surface area contributed by atoms with E-state index >= 15 is 0 Å². The Bertz CT molecular complexity index is 596.